The number of nitrogens with zero attached hydrogens (tertiary/aromatic N) is 4. The third kappa shape index (κ3) is 6.31. The molecule has 1 aliphatic carbocycles. The fourth-order valence-corrected chi connectivity index (χ4v) is 5.49. The first-order chi connectivity index (χ1) is 19.5. The van der Waals surface area contributed by atoms with Gasteiger partial charge in [-0.05, 0) is 37.5 Å². The standard InChI is InChI=1S/C31H40N4O5/c1-22-7-9-23(10-8-22)28-20-27(26-12-11-25(38-2)19-29(26)39-3)32-35(28)30(36)21-34(31(37)24-5-4-6-24)14-13-33-15-17-40-18-16-33/h7-12,19,24,28H,4-6,13-18,20-21H2,1-3H3/t28-/m1/s1. The van der Waals surface area contributed by atoms with Crippen molar-refractivity contribution < 1.29 is 23.8 Å². The van der Waals surface area contributed by atoms with Gasteiger partial charge in [-0.15, -0.1) is 0 Å². The number of amides is 2. The molecule has 1 saturated heterocycles. The van der Waals surface area contributed by atoms with E-state index < -0.39 is 0 Å². The molecule has 0 bridgehead atoms. The second-order valence-electron chi connectivity index (χ2n) is 10.8. The van der Waals surface area contributed by atoms with Gasteiger partial charge in [-0.25, -0.2) is 5.01 Å². The lowest BCUT2D eigenvalue weighted by Gasteiger charge is -2.34. The maximum absolute atomic E-state index is 14.0. The highest BCUT2D eigenvalue weighted by Gasteiger charge is 2.37. The molecule has 214 valence electrons. The number of aryl methyl sites for hydroxylation is 1. The third-order valence-electron chi connectivity index (χ3n) is 8.23. The van der Waals surface area contributed by atoms with Crippen LogP contribution in [0.25, 0.3) is 0 Å². The molecule has 2 aromatic carbocycles. The quantitative estimate of drug-likeness (QED) is 0.451. The Balaban J connectivity index is 1.40. The molecule has 9 nitrogen and oxygen atoms in total. The third-order valence-corrected chi connectivity index (χ3v) is 8.23. The highest BCUT2D eigenvalue weighted by atomic mass is 16.5. The molecule has 0 N–H and O–H groups in total. The van der Waals surface area contributed by atoms with E-state index in [-0.39, 0.29) is 30.3 Å². The molecule has 0 radical (unpaired) electrons. The summed E-state index contributed by atoms with van der Waals surface area (Å²) in [5.74, 6) is 1.25. The molecule has 0 spiro atoms. The van der Waals surface area contributed by atoms with E-state index in [4.69, 9.17) is 19.3 Å². The Morgan fingerprint density at radius 2 is 1.80 bits per heavy atom. The molecule has 9 heteroatoms. The Bertz CT molecular complexity index is 1220. The van der Waals surface area contributed by atoms with Gasteiger partial charge in [-0.1, -0.05) is 36.2 Å². The van der Waals surface area contributed by atoms with Gasteiger partial charge in [-0.3, -0.25) is 14.5 Å². The Morgan fingerprint density at radius 3 is 2.45 bits per heavy atom. The largest absolute Gasteiger partial charge is 0.497 e. The highest BCUT2D eigenvalue weighted by molar-refractivity contribution is 6.05. The lowest BCUT2D eigenvalue weighted by Crippen LogP contribution is -2.49. The van der Waals surface area contributed by atoms with E-state index in [2.05, 4.69) is 29.2 Å². The summed E-state index contributed by atoms with van der Waals surface area (Å²) in [5.41, 5.74) is 3.75. The van der Waals surface area contributed by atoms with Gasteiger partial charge >= 0.3 is 0 Å². The number of rotatable bonds is 10. The summed E-state index contributed by atoms with van der Waals surface area (Å²) >= 11 is 0. The smallest absolute Gasteiger partial charge is 0.262 e. The van der Waals surface area contributed by atoms with Crippen molar-refractivity contribution in [3.63, 3.8) is 0 Å². The average molecular weight is 549 g/mol. The monoisotopic (exact) mass is 548 g/mol. The molecule has 2 amide bonds. The van der Waals surface area contributed by atoms with E-state index in [1.807, 2.05) is 25.1 Å². The van der Waals surface area contributed by atoms with Crippen LogP contribution in [0.15, 0.2) is 47.6 Å². The van der Waals surface area contributed by atoms with Crippen molar-refractivity contribution in [2.45, 2.75) is 38.6 Å². The number of benzene rings is 2. The van der Waals surface area contributed by atoms with E-state index >= 15 is 0 Å². The van der Waals surface area contributed by atoms with Crippen molar-refractivity contribution in [1.29, 1.82) is 0 Å². The van der Waals surface area contributed by atoms with Gasteiger partial charge in [-0.2, -0.15) is 5.10 Å². The predicted molar refractivity (Wildman–Crippen MR) is 153 cm³/mol. The Kier molecular flexibility index (Phi) is 9.01. The summed E-state index contributed by atoms with van der Waals surface area (Å²) in [6, 6.07) is 13.6. The van der Waals surface area contributed by atoms with Gasteiger partial charge in [0.25, 0.3) is 5.91 Å². The molecule has 2 heterocycles. The SMILES string of the molecule is COc1ccc(C2=NN(C(=O)CN(CCN3CCOCC3)C(=O)C3CCC3)[C@@H](c3ccc(C)cc3)C2)c(OC)c1. The number of hydrogen-bond acceptors (Lipinski definition) is 7. The average Bonchev–Trinajstić information content (AvgIpc) is 3.40. The van der Waals surface area contributed by atoms with Gasteiger partial charge in [0.1, 0.15) is 18.0 Å². The molecule has 3 aliphatic rings. The van der Waals surface area contributed by atoms with Crippen molar-refractivity contribution in [1.82, 2.24) is 14.8 Å². The first-order valence-corrected chi connectivity index (χ1v) is 14.2. The fraction of sp³-hybridized carbons (Fsp3) is 0.516. The first kappa shape index (κ1) is 28.1. The zero-order chi connectivity index (χ0) is 28.1. The topological polar surface area (TPSA) is 83.9 Å². The molecule has 5 rings (SSSR count). The van der Waals surface area contributed by atoms with Crippen molar-refractivity contribution >= 4 is 17.5 Å². The number of hydrazone groups is 1. The fourth-order valence-electron chi connectivity index (χ4n) is 5.49. The van der Waals surface area contributed by atoms with Crippen LogP contribution in [0.4, 0.5) is 0 Å². The van der Waals surface area contributed by atoms with Crippen LogP contribution in [0.1, 0.15) is 48.4 Å². The molecular weight excluding hydrogens is 508 g/mol. The highest BCUT2D eigenvalue weighted by Crippen LogP contribution is 2.36. The molecule has 1 saturated carbocycles. The van der Waals surface area contributed by atoms with Crippen LogP contribution in [-0.2, 0) is 14.3 Å². The van der Waals surface area contributed by atoms with Crippen molar-refractivity contribution in [3.05, 3.63) is 59.2 Å². The van der Waals surface area contributed by atoms with Crippen LogP contribution in [-0.4, -0.2) is 92.5 Å². The molecule has 2 fully saturated rings. The summed E-state index contributed by atoms with van der Waals surface area (Å²) in [6.07, 6.45) is 3.41. The minimum atomic E-state index is -0.269. The van der Waals surface area contributed by atoms with Crippen LogP contribution in [0.3, 0.4) is 0 Å². The summed E-state index contributed by atoms with van der Waals surface area (Å²) in [6.45, 7) is 6.40. The number of morpholine rings is 1. The maximum Gasteiger partial charge on any atom is 0.262 e. The van der Waals surface area contributed by atoms with Crippen LogP contribution < -0.4 is 9.47 Å². The normalized spacial score (nSPS) is 19.6. The van der Waals surface area contributed by atoms with Gasteiger partial charge in [0.2, 0.25) is 5.91 Å². The summed E-state index contributed by atoms with van der Waals surface area (Å²) in [5, 5.41) is 6.44. The lowest BCUT2D eigenvalue weighted by molar-refractivity contribution is -0.145. The van der Waals surface area contributed by atoms with E-state index in [1.54, 1.807) is 24.1 Å². The van der Waals surface area contributed by atoms with Crippen molar-refractivity contribution in [2.24, 2.45) is 11.0 Å². The summed E-state index contributed by atoms with van der Waals surface area (Å²) in [4.78, 5) is 31.4. The molecule has 0 aromatic heterocycles. The predicted octanol–water partition coefficient (Wildman–Crippen LogP) is 3.65. The molecular formula is C31H40N4O5. The number of methoxy groups -OCH3 is 2. The van der Waals surface area contributed by atoms with Crippen LogP contribution in [0.2, 0.25) is 0 Å². The second-order valence-corrected chi connectivity index (χ2v) is 10.8. The number of carbonyl (C=O) groups excluding carboxylic acids is 2. The molecule has 2 aliphatic heterocycles. The van der Waals surface area contributed by atoms with E-state index in [9.17, 15) is 9.59 Å². The second kappa shape index (κ2) is 12.8. The molecule has 2 aromatic rings. The molecule has 0 unspecified atom stereocenters. The minimum absolute atomic E-state index is 0.0125. The van der Waals surface area contributed by atoms with Gasteiger partial charge in [0.05, 0.1) is 39.2 Å². The Morgan fingerprint density at radius 1 is 1.05 bits per heavy atom. The Labute approximate surface area is 236 Å². The zero-order valence-electron chi connectivity index (χ0n) is 23.8. The summed E-state index contributed by atoms with van der Waals surface area (Å²) in [7, 11) is 3.23. The van der Waals surface area contributed by atoms with Crippen LogP contribution >= 0.6 is 0 Å². The molecule has 40 heavy (non-hydrogen) atoms. The van der Waals surface area contributed by atoms with E-state index in [0.29, 0.717) is 37.7 Å². The first-order valence-electron chi connectivity index (χ1n) is 14.2. The summed E-state index contributed by atoms with van der Waals surface area (Å²) < 4.78 is 16.5. The number of carbonyl (C=O) groups is 2. The number of ether oxygens (including phenoxy) is 3. The van der Waals surface area contributed by atoms with Crippen LogP contribution in [0, 0.1) is 12.8 Å². The minimum Gasteiger partial charge on any atom is -0.497 e. The van der Waals surface area contributed by atoms with Crippen molar-refractivity contribution in [2.75, 3.05) is 60.2 Å². The van der Waals surface area contributed by atoms with Crippen molar-refractivity contribution in [3.8, 4) is 11.5 Å². The Hall–Kier alpha value is -3.43. The molecule has 1 atom stereocenters. The van der Waals surface area contributed by atoms with Crippen LogP contribution in [0.5, 0.6) is 11.5 Å². The van der Waals surface area contributed by atoms with Gasteiger partial charge in [0.15, 0.2) is 0 Å². The van der Waals surface area contributed by atoms with E-state index in [1.165, 1.54) is 0 Å². The zero-order valence-corrected chi connectivity index (χ0v) is 23.8. The maximum atomic E-state index is 14.0. The van der Waals surface area contributed by atoms with Gasteiger partial charge in [0, 0.05) is 50.1 Å². The number of hydrogen-bond donors (Lipinski definition) is 0. The lowest BCUT2D eigenvalue weighted by atomic mass is 9.84. The van der Waals surface area contributed by atoms with E-state index in [0.717, 1.165) is 61.3 Å². The van der Waals surface area contributed by atoms with Gasteiger partial charge < -0.3 is 19.1 Å².